The van der Waals surface area contributed by atoms with Crippen molar-refractivity contribution in [2.45, 2.75) is 0 Å². The van der Waals surface area contributed by atoms with Crippen molar-refractivity contribution in [3.8, 4) is 0 Å². The first-order chi connectivity index (χ1) is 9.02. The van der Waals surface area contributed by atoms with E-state index in [0.29, 0.717) is 15.7 Å². The van der Waals surface area contributed by atoms with Crippen molar-refractivity contribution in [2.24, 2.45) is 0 Å². The minimum Gasteiger partial charge on any atom is -0.453 e. The Bertz CT molecular complexity index is 468. The number of alkyl carbamates (subject to hydrolysis) is 1. The van der Waals surface area contributed by atoms with Gasteiger partial charge in [-0.05, 0) is 18.2 Å². The van der Waals surface area contributed by atoms with E-state index in [1.54, 1.807) is 12.1 Å². The van der Waals surface area contributed by atoms with Crippen LogP contribution in [0.15, 0.2) is 18.2 Å². The fourth-order valence-corrected chi connectivity index (χ4v) is 1.39. The number of carbonyl (C=O) groups is 2. The molecule has 0 aliphatic rings. The Kier molecular flexibility index (Phi) is 6.24. The molecule has 0 saturated carbocycles. The van der Waals surface area contributed by atoms with Gasteiger partial charge in [-0.3, -0.25) is 5.32 Å². The zero-order chi connectivity index (χ0) is 14.3. The molecule has 2 amide bonds. The predicted molar refractivity (Wildman–Crippen MR) is 71.8 cm³/mol. The molecule has 0 aliphatic carbocycles. The van der Waals surface area contributed by atoms with Gasteiger partial charge >= 0.3 is 12.2 Å². The molecule has 0 bridgehead atoms. The summed E-state index contributed by atoms with van der Waals surface area (Å²) in [6.45, 7) is 0.170. The topological polar surface area (TPSA) is 76.7 Å². The predicted octanol–water partition coefficient (Wildman–Crippen LogP) is 2.90. The third-order valence-corrected chi connectivity index (χ3v) is 2.69. The zero-order valence-electron chi connectivity index (χ0n) is 10.0. The van der Waals surface area contributed by atoms with Gasteiger partial charge in [-0.2, -0.15) is 0 Å². The van der Waals surface area contributed by atoms with Crippen LogP contribution >= 0.6 is 23.2 Å². The summed E-state index contributed by atoms with van der Waals surface area (Å²) in [5.41, 5.74) is 0.459. The highest BCUT2D eigenvalue weighted by atomic mass is 35.5. The minimum atomic E-state index is -0.662. The molecular weight excluding hydrogens is 295 g/mol. The van der Waals surface area contributed by atoms with Crippen LogP contribution in [-0.4, -0.2) is 32.4 Å². The first-order valence-corrected chi connectivity index (χ1v) is 5.99. The molecule has 1 aromatic rings. The van der Waals surface area contributed by atoms with E-state index in [-0.39, 0.29) is 13.2 Å². The average Bonchev–Trinajstić information content (AvgIpc) is 2.38. The molecular formula is C11H12Cl2N2O4. The van der Waals surface area contributed by atoms with Gasteiger partial charge in [0.25, 0.3) is 0 Å². The summed E-state index contributed by atoms with van der Waals surface area (Å²) in [7, 11) is 1.24. The Morgan fingerprint density at radius 1 is 1.21 bits per heavy atom. The van der Waals surface area contributed by atoms with Crippen molar-refractivity contribution in [3.63, 3.8) is 0 Å². The number of anilines is 1. The maximum atomic E-state index is 11.4. The molecule has 0 fully saturated rings. The molecule has 8 heteroatoms. The standard InChI is InChI=1S/C11H12Cl2N2O4/c1-18-10(16)14-4-5-19-11(17)15-7-2-3-8(12)9(13)6-7/h2-3,6H,4-5H2,1H3,(H,14,16)(H,15,17). The highest BCUT2D eigenvalue weighted by molar-refractivity contribution is 6.42. The number of hydrogen-bond donors (Lipinski definition) is 2. The van der Waals surface area contributed by atoms with E-state index in [4.69, 9.17) is 27.9 Å². The fraction of sp³-hybridized carbons (Fsp3) is 0.273. The van der Waals surface area contributed by atoms with E-state index in [1.165, 1.54) is 13.2 Å². The fourth-order valence-electron chi connectivity index (χ4n) is 1.10. The van der Waals surface area contributed by atoms with Crippen LogP contribution in [0.2, 0.25) is 10.0 Å². The van der Waals surface area contributed by atoms with Gasteiger partial charge in [0.1, 0.15) is 6.61 Å². The molecule has 1 rings (SSSR count). The first-order valence-electron chi connectivity index (χ1n) is 5.23. The molecule has 6 nitrogen and oxygen atoms in total. The smallest absolute Gasteiger partial charge is 0.411 e. The zero-order valence-corrected chi connectivity index (χ0v) is 11.5. The van der Waals surface area contributed by atoms with Gasteiger partial charge in [0.2, 0.25) is 0 Å². The summed E-state index contributed by atoms with van der Waals surface area (Å²) >= 11 is 11.5. The van der Waals surface area contributed by atoms with Gasteiger partial charge < -0.3 is 14.8 Å². The van der Waals surface area contributed by atoms with E-state index in [0.717, 1.165) is 0 Å². The lowest BCUT2D eigenvalue weighted by molar-refractivity contribution is 0.151. The molecule has 19 heavy (non-hydrogen) atoms. The second kappa shape index (κ2) is 7.70. The summed E-state index contributed by atoms with van der Waals surface area (Å²) in [6, 6.07) is 4.64. The molecule has 0 radical (unpaired) electrons. The lowest BCUT2D eigenvalue weighted by atomic mass is 10.3. The summed E-state index contributed by atoms with van der Waals surface area (Å²) in [6.07, 6.45) is -1.25. The third kappa shape index (κ3) is 5.67. The Morgan fingerprint density at radius 3 is 2.58 bits per heavy atom. The Labute approximate surface area is 120 Å². The molecule has 104 valence electrons. The molecule has 0 spiro atoms. The van der Waals surface area contributed by atoms with E-state index in [2.05, 4.69) is 15.4 Å². The Balaban J connectivity index is 2.31. The highest BCUT2D eigenvalue weighted by Gasteiger charge is 2.05. The second-order valence-electron chi connectivity index (χ2n) is 3.31. The van der Waals surface area contributed by atoms with Crippen LogP contribution in [-0.2, 0) is 9.47 Å². The van der Waals surface area contributed by atoms with Crippen LogP contribution in [0.4, 0.5) is 15.3 Å². The number of hydrogen-bond acceptors (Lipinski definition) is 4. The SMILES string of the molecule is COC(=O)NCCOC(=O)Nc1ccc(Cl)c(Cl)c1. The normalized spacial score (nSPS) is 9.63. The van der Waals surface area contributed by atoms with Gasteiger partial charge in [-0.1, -0.05) is 23.2 Å². The summed E-state index contributed by atoms with van der Waals surface area (Å²) < 4.78 is 9.16. The maximum absolute atomic E-state index is 11.4. The molecule has 0 aliphatic heterocycles. The summed E-state index contributed by atoms with van der Waals surface area (Å²) in [4.78, 5) is 22.1. The van der Waals surface area contributed by atoms with Crippen molar-refractivity contribution in [1.29, 1.82) is 0 Å². The van der Waals surface area contributed by atoms with Crippen LogP contribution in [0.25, 0.3) is 0 Å². The lowest BCUT2D eigenvalue weighted by Gasteiger charge is -2.08. The number of nitrogens with one attached hydrogen (secondary N) is 2. The molecule has 2 N–H and O–H groups in total. The molecule has 0 atom stereocenters. The molecule has 0 aromatic heterocycles. The summed E-state index contributed by atoms with van der Waals surface area (Å²) in [5.74, 6) is 0. The number of ether oxygens (including phenoxy) is 2. The number of methoxy groups -OCH3 is 1. The molecule has 0 heterocycles. The van der Waals surface area contributed by atoms with E-state index < -0.39 is 12.2 Å². The Morgan fingerprint density at radius 2 is 1.95 bits per heavy atom. The van der Waals surface area contributed by atoms with E-state index in [9.17, 15) is 9.59 Å². The van der Waals surface area contributed by atoms with Gasteiger partial charge in [0.15, 0.2) is 0 Å². The number of carbonyl (C=O) groups excluding carboxylic acids is 2. The van der Waals surface area contributed by atoms with Gasteiger partial charge in [-0.25, -0.2) is 9.59 Å². The number of amides is 2. The van der Waals surface area contributed by atoms with Gasteiger partial charge in [0.05, 0.1) is 23.7 Å². The van der Waals surface area contributed by atoms with Gasteiger partial charge in [-0.15, -0.1) is 0 Å². The van der Waals surface area contributed by atoms with Crippen molar-refractivity contribution < 1.29 is 19.1 Å². The number of rotatable bonds is 4. The quantitative estimate of drug-likeness (QED) is 0.839. The molecule has 1 aromatic carbocycles. The largest absolute Gasteiger partial charge is 0.453 e. The van der Waals surface area contributed by atoms with Crippen molar-refractivity contribution in [3.05, 3.63) is 28.2 Å². The van der Waals surface area contributed by atoms with E-state index >= 15 is 0 Å². The second-order valence-corrected chi connectivity index (χ2v) is 4.12. The minimum absolute atomic E-state index is 0.0161. The van der Waals surface area contributed by atoms with Crippen molar-refractivity contribution in [2.75, 3.05) is 25.6 Å². The van der Waals surface area contributed by atoms with Crippen molar-refractivity contribution >= 4 is 41.1 Å². The van der Waals surface area contributed by atoms with E-state index in [1.807, 2.05) is 0 Å². The van der Waals surface area contributed by atoms with Crippen LogP contribution in [0, 0.1) is 0 Å². The molecule has 0 saturated heterocycles. The first kappa shape index (κ1) is 15.4. The number of halogens is 2. The van der Waals surface area contributed by atoms with Crippen LogP contribution in [0.5, 0.6) is 0 Å². The monoisotopic (exact) mass is 306 g/mol. The molecule has 0 unspecified atom stereocenters. The van der Waals surface area contributed by atoms with Crippen LogP contribution < -0.4 is 10.6 Å². The van der Waals surface area contributed by atoms with Crippen LogP contribution in [0.1, 0.15) is 0 Å². The van der Waals surface area contributed by atoms with Crippen LogP contribution in [0.3, 0.4) is 0 Å². The average molecular weight is 307 g/mol. The maximum Gasteiger partial charge on any atom is 0.411 e. The number of benzene rings is 1. The van der Waals surface area contributed by atoms with Gasteiger partial charge in [0, 0.05) is 5.69 Å². The Hall–Kier alpha value is -1.66. The lowest BCUT2D eigenvalue weighted by Crippen LogP contribution is -2.28. The van der Waals surface area contributed by atoms with Crippen molar-refractivity contribution in [1.82, 2.24) is 5.32 Å². The highest BCUT2D eigenvalue weighted by Crippen LogP contribution is 2.24. The third-order valence-electron chi connectivity index (χ3n) is 1.96. The summed E-state index contributed by atoms with van der Waals surface area (Å²) in [5, 5.41) is 5.54.